The van der Waals surface area contributed by atoms with Crippen LogP contribution in [0.15, 0.2) is 11.6 Å². The highest BCUT2D eigenvalue weighted by Crippen LogP contribution is 2.30. The first-order chi connectivity index (χ1) is 9.28. The molecule has 0 aromatic heterocycles. The summed E-state index contributed by atoms with van der Waals surface area (Å²) in [4.78, 5) is 11.6. The van der Waals surface area contributed by atoms with Gasteiger partial charge in [-0.25, -0.2) is 4.79 Å². The molecular formula is C13H22O6S. The molecular weight excluding hydrogens is 284 g/mol. The zero-order valence-corrected chi connectivity index (χ0v) is 12.9. The largest absolute Gasteiger partial charge is 0.466 e. The fourth-order valence-electron chi connectivity index (χ4n) is 2.33. The molecule has 1 aliphatic rings. The van der Waals surface area contributed by atoms with Crippen LogP contribution < -0.4 is 0 Å². The second kappa shape index (κ2) is 7.19. The molecule has 1 N–H and O–H groups in total. The van der Waals surface area contributed by atoms with Crippen LogP contribution in [0.25, 0.3) is 0 Å². The molecule has 0 heterocycles. The lowest BCUT2D eigenvalue weighted by atomic mass is 9.83. The van der Waals surface area contributed by atoms with E-state index in [0.29, 0.717) is 12.0 Å². The van der Waals surface area contributed by atoms with Crippen LogP contribution in [0.3, 0.4) is 0 Å². The average Bonchev–Trinajstić information content (AvgIpc) is 2.37. The number of aliphatic hydroxyl groups is 1. The monoisotopic (exact) mass is 306 g/mol. The maximum absolute atomic E-state index is 11.6. The number of carbonyl (C=O) groups is 1. The van der Waals surface area contributed by atoms with Crippen LogP contribution in [0.1, 0.15) is 32.6 Å². The fraction of sp³-hybridized carbons (Fsp3) is 0.769. The molecule has 1 aliphatic carbocycles. The van der Waals surface area contributed by atoms with E-state index in [4.69, 9.17) is 4.18 Å². The highest BCUT2D eigenvalue weighted by Gasteiger charge is 2.36. The summed E-state index contributed by atoms with van der Waals surface area (Å²) in [6.07, 6.45) is 3.24. The number of methoxy groups -OCH3 is 1. The first kappa shape index (κ1) is 17.1. The van der Waals surface area contributed by atoms with Crippen molar-refractivity contribution < 1.29 is 27.2 Å². The number of carbonyl (C=O) groups excluding carboxylic acids is 1. The number of rotatable bonds is 6. The van der Waals surface area contributed by atoms with E-state index in [2.05, 4.69) is 4.74 Å². The van der Waals surface area contributed by atoms with Gasteiger partial charge in [0.2, 0.25) is 0 Å². The van der Waals surface area contributed by atoms with E-state index < -0.39 is 28.3 Å². The lowest BCUT2D eigenvalue weighted by Gasteiger charge is -2.32. The molecule has 6 nitrogen and oxygen atoms in total. The third kappa shape index (κ3) is 4.88. The quantitative estimate of drug-likeness (QED) is 0.581. The zero-order valence-electron chi connectivity index (χ0n) is 12.0. The molecule has 0 bridgehead atoms. The molecule has 0 aromatic rings. The Morgan fingerprint density at radius 3 is 2.65 bits per heavy atom. The van der Waals surface area contributed by atoms with E-state index in [1.807, 2.05) is 6.92 Å². The van der Waals surface area contributed by atoms with Crippen molar-refractivity contribution in [3.63, 3.8) is 0 Å². The molecule has 1 rings (SSSR count). The number of hydrogen-bond donors (Lipinski definition) is 1. The first-order valence-electron chi connectivity index (χ1n) is 6.63. The van der Waals surface area contributed by atoms with Crippen LogP contribution in [-0.4, -0.2) is 45.1 Å². The van der Waals surface area contributed by atoms with Gasteiger partial charge in [0.15, 0.2) is 0 Å². The lowest BCUT2D eigenvalue weighted by Crippen LogP contribution is -2.40. The van der Waals surface area contributed by atoms with Gasteiger partial charge in [0, 0.05) is 17.9 Å². The van der Waals surface area contributed by atoms with Crippen LogP contribution in [0.2, 0.25) is 0 Å². The van der Waals surface area contributed by atoms with Crippen molar-refractivity contribution >= 4 is 16.1 Å². The summed E-state index contributed by atoms with van der Waals surface area (Å²) >= 11 is 0. The molecule has 116 valence electrons. The van der Waals surface area contributed by atoms with Crippen LogP contribution in [-0.2, 0) is 23.8 Å². The van der Waals surface area contributed by atoms with Crippen LogP contribution in [0.5, 0.6) is 0 Å². The molecule has 0 aromatic carbocycles. The molecule has 0 radical (unpaired) electrons. The highest BCUT2D eigenvalue weighted by atomic mass is 32.2. The lowest BCUT2D eigenvalue weighted by molar-refractivity contribution is -0.137. The molecule has 0 fully saturated rings. The summed E-state index contributed by atoms with van der Waals surface area (Å²) in [6.45, 7) is 2.02. The Morgan fingerprint density at radius 1 is 1.50 bits per heavy atom. The summed E-state index contributed by atoms with van der Waals surface area (Å²) in [6, 6.07) is 0. The van der Waals surface area contributed by atoms with E-state index in [1.165, 1.54) is 7.11 Å². The van der Waals surface area contributed by atoms with Crippen LogP contribution in [0, 0.1) is 5.92 Å². The molecule has 7 heteroatoms. The fourth-order valence-corrected chi connectivity index (χ4v) is 2.96. The predicted molar refractivity (Wildman–Crippen MR) is 73.5 cm³/mol. The topological polar surface area (TPSA) is 89.9 Å². The number of hydrogen-bond acceptors (Lipinski definition) is 6. The Morgan fingerprint density at radius 2 is 2.15 bits per heavy atom. The average molecular weight is 306 g/mol. The van der Waals surface area contributed by atoms with Crippen LogP contribution >= 0.6 is 0 Å². The Bertz CT molecular complexity index is 467. The van der Waals surface area contributed by atoms with Gasteiger partial charge >= 0.3 is 5.97 Å². The van der Waals surface area contributed by atoms with Gasteiger partial charge in [-0.05, 0) is 6.42 Å². The Balaban J connectivity index is 2.95. The minimum Gasteiger partial charge on any atom is -0.466 e. The Hall–Kier alpha value is -0.920. The van der Waals surface area contributed by atoms with Crippen molar-refractivity contribution in [2.24, 2.45) is 5.92 Å². The van der Waals surface area contributed by atoms with E-state index >= 15 is 0 Å². The molecule has 0 amide bonds. The van der Waals surface area contributed by atoms with Crippen LogP contribution in [0.4, 0.5) is 0 Å². The molecule has 20 heavy (non-hydrogen) atoms. The van der Waals surface area contributed by atoms with Gasteiger partial charge in [0.25, 0.3) is 10.1 Å². The summed E-state index contributed by atoms with van der Waals surface area (Å²) in [7, 11) is -2.43. The Labute approximate surface area is 119 Å². The summed E-state index contributed by atoms with van der Waals surface area (Å²) in [5, 5.41) is 10.2. The predicted octanol–water partition coefficient (Wildman–Crippen LogP) is 1.00. The molecule has 3 atom stereocenters. The summed E-state index contributed by atoms with van der Waals surface area (Å²) in [5.74, 6) is -0.815. The first-order valence-corrected chi connectivity index (χ1v) is 8.45. The molecule has 0 saturated carbocycles. The number of aliphatic hydroxyl groups excluding tert-OH is 1. The normalized spacial score (nSPS) is 27.0. The van der Waals surface area contributed by atoms with Gasteiger partial charge in [0.1, 0.15) is 6.10 Å². The van der Waals surface area contributed by atoms with Gasteiger partial charge in [-0.2, -0.15) is 8.42 Å². The molecule has 1 unspecified atom stereocenters. The van der Waals surface area contributed by atoms with Gasteiger partial charge in [-0.1, -0.05) is 25.8 Å². The van der Waals surface area contributed by atoms with E-state index in [9.17, 15) is 18.3 Å². The third-order valence-electron chi connectivity index (χ3n) is 3.29. The van der Waals surface area contributed by atoms with Crippen molar-refractivity contribution in [2.75, 3.05) is 13.4 Å². The molecule has 0 saturated heterocycles. The second-order valence-electron chi connectivity index (χ2n) is 5.02. The minimum atomic E-state index is -3.70. The maximum atomic E-state index is 11.6. The van der Waals surface area contributed by atoms with E-state index in [1.54, 1.807) is 6.08 Å². The third-order valence-corrected chi connectivity index (χ3v) is 3.89. The van der Waals surface area contributed by atoms with Gasteiger partial charge in [0.05, 0.1) is 19.5 Å². The maximum Gasteiger partial charge on any atom is 0.333 e. The number of unbranched alkanes of at least 4 members (excludes halogenated alkanes) is 1. The molecule has 0 aliphatic heterocycles. The van der Waals surface area contributed by atoms with Crippen molar-refractivity contribution in [3.8, 4) is 0 Å². The van der Waals surface area contributed by atoms with Crippen molar-refractivity contribution in [3.05, 3.63) is 11.6 Å². The minimum absolute atomic E-state index is 0.0313. The number of ether oxygens (including phenoxy) is 1. The second-order valence-corrected chi connectivity index (χ2v) is 6.62. The highest BCUT2D eigenvalue weighted by molar-refractivity contribution is 7.86. The SMILES string of the molecule is CCCC[C@@H]1C=C(C(=O)OC)CC(OS(C)(=O)=O)[C@@H]1O. The van der Waals surface area contributed by atoms with Gasteiger partial charge in [-0.15, -0.1) is 0 Å². The smallest absolute Gasteiger partial charge is 0.333 e. The van der Waals surface area contributed by atoms with E-state index in [0.717, 1.165) is 19.1 Å². The standard InChI is InChI=1S/C13H22O6S/c1-4-5-6-9-7-10(13(15)18-2)8-11(12(9)14)19-20(3,16)17/h7,9,11-12,14H,4-6,8H2,1-3H3/t9-,11?,12-/m1/s1. The molecule has 0 spiro atoms. The van der Waals surface area contributed by atoms with Crippen molar-refractivity contribution in [1.29, 1.82) is 0 Å². The Kier molecular flexibility index (Phi) is 6.16. The van der Waals surface area contributed by atoms with Crippen molar-refractivity contribution in [2.45, 2.75) is 44.8 Å². The van der Waals surface area contributed by atoms with Gasteiger partial charge in [-0.3, -0.25) is 4.18 Å². The summed E-state index contributed by atoms with van der Waals surface area (Å²) in [5.41, 5.74) is 0.354. The number of esters is 1. The van der Waals surface area contributed by atoms with Crippen molar-refractivity contribution in [1.82, 2.24) is 0 Å². The van der Waals surface area contributed by atoms with E-state index in [-0.39, 0.29) is 12.3 Å². The summed E-state index contributed by atoms with van der Waals surface area (Å²) < 4.78 is 32.0. The zero-order chi connectivity index (χ0) is 15.3. The van der Waals surface area contributed by atoms with Gasteiger partial charge < -0.3 is 9.84 Å².